The molecule has 2 N–H and O–H groups in total. The van der Waals surface area contributed by atoms with E-state index < -0.39 is 18.5 Å². The van der Waals surface area contributed by atoms with E-state index in [9.17, 15) is 18.0 Å². The first-order valence-electron chi connectivity index (χ1n) is 5.11. The monoisotopic (exact) mass is 241 g/mol. The van der Waals surface area contributed by atoms with Crippen LogP contribution in [0.1, 0.15) is 33.1 Å². The van der Waals surface area contributed by atoms with E-state index in [2.05, 4.69) is 5.32 Å². The predicted molar refractivity (Wildman–Crippen MR) is 53.8 cm³/mol. The highest BCUT2D eigenvalue weighted by Crippen LogP contribution is 2.22. The second-order valence-electron chi connectivity index (χ2n) is 4.56. The highest BCUT2D eigenvalue weighted by Gasteiger charge is 2.31. The Bertz CT molecular complexity index is 227. The second-order valence-corrected chi connectivity index (χ2v) is 4.56. The van der Waals surface area contributed by atoms with E-state index in [1.54, 1.807) is 0 Å². The number of rotatable bonds is 6. The van der Waals surface area contributed by atoms with Gasteiger partial charge in [-0.25, -0.2) is 0 Å². The number of aliphatic hydroxyl groups is 1. The Hall–Kier alpha value is -0.780. The van der Waals surface area contributed by atoms with Crippen molar-refractivity contribution in [1.29, 1.82) is 0 Å². The minimum absolute atomic E-state index is 0.0416. The Kier molecular flexibility index (Phi) is 5.78. The molecule has 0 saturated carbocycles. The first-order chi connectivity index (χ1) is 7.16. The van der Waals surface area contributed by atoms with E-state index in [0.29, 0.717) is 12.8 Å². The fourth-order valence-corrected chi connectivity index (χ4v) is 1.23. The fraction of sp³-hybridized carbons (Fsp3) is 0.900. The smallest absolute Gasteiger partial charge is 0.396 e. The van der Waals surface area contributed by atoms with Crippen molar-refractivity contribution in [3.8, 4) is 0 Å². The van der Waals surface area contributed by atoms with Gasteiger partial charge in [-0.15, -0.1) is 0 Å². The number of alkyl halides is 3. The summed E-state index contributed by atoms with van der Waals surface area (Å²) in [6.45, 7) is 3.88. The molecule has 0 aliphatic heterocycles. The van der Waals surface area contributed by atoms with E-state index in [1.807, 2.05) is 13.8 Å². The van der Waals surface area contributed by atoms with E-state index >= 15 is 0 Å². The minimum Gasteiger partial charge on any atom is -0.396 e. The maximum atomic E-state index is 11.8. The van der Waals surface area contributed by atoms with E-state index in [-0.39, 0.29) is 18.6 Å². The summed E-state index contributed by atoms with van der Waals surface area (Å²) in [5.41, 5.74) is -0.302. The number of carbonyl (C=O) groups excluding carboxylic acids is 1. The first kappa shape index (κ1) is 15.2. The van der Waals surface area contributed by atoms with Gasteiger partial charge in [0.2, 0.25) is 5.91 Å². The van der Waals surface area contributed by atoms with Gasteiger partial charge in [-0.2, -0.15) is 13.2 Å². The van der Waals surface area contributed by atoms with Crippen LogP contribution in [-0.4, -0.2) is 30.3 Å². The maximum Gasteiger partial charge on any atom is 0.397 e. The zero-order valence-electron chi connectivity index (χ0n) is 9.52. The van der Waals surface area contributed by atoms with Crippen LogP contribution in [0, 0.1) is 5.41 Å². The predicted octanol–water partition coefficient (Wildman–Crippen LogP) is 1.85. The van der Waals surface area contributed by atoms with Crippen molar-refractivity contribution in [2.75, 3.05) is 13.2 Å². The third kappa shape index (κ3) is 8.52. The second kappa shape index (κ2) is 6.08. The molecular formula is C10H18F3NO2. The fourth-order valence-electron chi connectivity index (χ4n) is 1.23. The third-order valence-corrected chi connectivity index (χ3v) is 2.14. The molecular weight excluding hydrogens is 223 g/mol. The average molecular weight is 241 g/mol. The van der Waals surface area contributed by atoms with Crippen LogP contribution in [0.4, 0.5) is 13.2 Å². The van der Waals surface area contributed by atoms with Crippen molar-refractivity contribution in [1.82, 2.24) is 5.32 Å². The van der Waals surface area contributed by atoms with Crippen molar-refractivity contribution in [3.05, 3.63) is 0 Å². The molecule has 96 valence electrons. The third-order valence-electron chi connectivity index (χ3n) is 2.14. The minimum atomic E-state index is -4.46. The van der Waals surface area contributed by atoms with Gasteiger partial charge in [-0.05, 0) is 18.3 Å². The lowest BCUT2D eigenvalue weighted by molar-refractivity contribution is -0.154. The van der Waals surface area contributed by atoms with Gasteiger partial charge in [0.15, 0.2) is 0 Å². The van der Waals surface area contributed by atoms with Crippen LogP contribution in [0.5, 0.6) is 0 Å². The summed E-state index contributed by atoms with van der Waals surface area (Å²) in [5.74, 6) is -1.01. The SMILES string of the molecule is CC(C)(CCCO)CNC(=O)CC(F)(F)F. The molecule has 0 heterocycles. The molecule has 0 aromatic rings. The zero-order valence-corrected chi connectivity index (χ0v) is 9.52. The number of aliphatic hydroxyl groups excluding tert-OH is 1. The van der Waals surface area contributed by atoms with Crippen molar-refractivity contribution in [2.24, 2.45) is 5.41 Å². The molecule has 1 amide bonds. The van der Waals surface area contributed by atoms with Crippen molar-refractivity contribution in [3.63, 3.8) is 0 Å². The van der Waals surface area contributed by atoms with E-state index in [0.717, 1.165) is 0 Å². The molecule has 6 heteroatoms. The summed E-state index contributed by atoms with van der Waals surface area (Å²) in [6.07, 6.45) is -4.68. The van der Waals surface area contributed by atoms with Crippen LogP contribution in [0.3, 0.4) is 0 Å². The van der Waals surface area contributed by atoms with Crippen LogP contribution in [0.15, 0.2) is 0 Å². The Morgan fingerprint density at radius 3 is 2.31 bits per heavy atom. The normalized spacial score (nSPS) is 12.6. The summed E-state index contributed by atoms with van der Waals surface area (Å²) in [7, 11) is 0. The van der Waals surface area contributed by atoms with Gasteiger partial charge in [-0.3, -0.25) is 4.79 Å². The molecule has 0 spiro atoms. The van der Waals surface area contributed by atoms with Crippen LogP contribution < -0.4 is 5.32 Å². The standard InChI is InChI=1S/C10H18F3NO2/c1-9(2,4-3-5-15)7-14-8(16)6-10(11,12)13/h15H,3-7H2,1-2H3,(H,14,16). The molecule has 0 aromatic heterocycles. The van der Waals surface area contributed by atoms with Crippen molar-refractivity contribution in [2.45, 2.75) is 39.3 Å². The van der Waals surface area contributed by atoms with Gasteiger partial charge in [0.1, 0.15) is 6.42 Å². The lowest BCUT2D eigenvalue weighted by Crippen LogP contribution is -2.36. The number of amides is 1. The summed E-state index contributed by atoms with van der Waals surface area (Å²) in [4.78, 5) is 10.9. The zero-order chi connectivity index (χ0) is 12.8. The van der Waals surface area contributed by atoms with Crippen molar-refractivity contribution < 1.29 is 23.1 Å². The van der Waals surface area contributed by atoms with Crippen LogP contribution in [0.25, 0.3) is 0 Å². The van der Waals surface area contributed by atoms with Crippen LogP contribution in [0.2, 0.25) is 0 Å². The van der Waals surface area contributed by atoms with Gasteiger partial charge >= 0.3 is 6.18 Å². The Morgan fingerprint density at radius 2 is 1.88 bits per heavy atom. The molecule has 0 atom stereocenters. The molecule has 0 fully saturated rings. The lowest BCUT2D eigenvalue weighted by Gasteiger charge is -2.24. The number of nitrogens with one attached hydrogen (secondary N) is 1. The van der Waals surface area contributed by atoms with Crippen LogP contribution in [-0.2, 0) is 4.79 Å². The van der Waals surface area contributed by atoms with Crippen LogP contribution >= 0.6 is 0 Å². The summed E-state index contributed by atoms with van der Waals surface area (Å²) in [5, 5.41) is 10.9. The van der Waals surface area contributed by atoms with Crippen molar-refractivity contribution >= 4 is 5.91 Å². The molecule has 0 saturated heterocycles. The summed E-state index contributed by atoms with van der Waals surface area (Å²) >= 11 is 0. The van der Waals surface area contributed by atoms with E-state index in [1.165, 1.54) is 0 Å². The maximum absolute atomic E-state index is 11.8. The van der Waals surface area contributed by atoms with Gasteiger partial charge in [0, 0.05) is 13.2 Å². The molecule has 0 aliphatic carbocycles. The lowest BCUT2D eigenvalue weighted by atomic mass is 9.88. The molecule has 0 rings (SSSR count). The molecule has 3 nitrogen and oxygen atoms in total. The molecule has 0 bridgehead atoms. The topological polar surface area (TPSA) is 49.3 Å². The molecule has 0 unspecified atom stereocenters. The van der Waals surface area contributed by atoms with Gasteiger partial charge < -0.3 is 10.4 Å². The molecule has 0 radical (unpaired) electrons. The van der Waals surface area contributed by atoms with E-state index in [4.69, 9.17) is 5.11 Å². The molecule has 0 aliphatic rings. The first-order valence-corrected chi connectivity index (χ1v) is 5.11. The highest BCUT2D eigenvalue weighted by atomic mass is 19.4. The molecule has 0 aromatic carbocycles. The Morgan fingerprint density at radius 1 is 1.31 bits per heavy atom. The van der Waals surface area contributed by atoms with Gasteiger partial charge in [0.05, 0.1) is 0 Å². The number of halogens is 3. The Balaban J connectivity index is 3.90. The average Bonchev–Trinajstić information content (AvgIpc) is 2.09. The highest BCUT2D eigenvalue weighted by molar-refractivity contribution is 5.76. The quantitative estimate of drug-likeness (QED) is 0.745. The number of hydrogen-bond donors (Lipinski definition) is 2. The van der Waals surface area contributed by atoms with Gasteiger partial charge in [0.25, 0.3) is 0 Å². The largest absolute Gasteiger partial charge is 0.397 e. The summed E-state index contributed by atoms with van der Waals surface area (Å²) in [6, 6.07) is 0. The molecule has 16 heavy (non-hydrogen) atoms. The summed E-state index contributed by atoms with van der Waals surface area (Å²) < 4.78 is 35.5. The number of carbonyl (C=O) groups is 1. The number of hydrogen-bond acceptors (Lipinski definition) is 2. The van der Waals surface area contributed by atoms with Gasteiger partial charge in [-0.1, -0.05) is 13.8 Å². The Labute approximate surface area is 93.0 Å².